The molecular weight excluding hydrogens is 380 g/mol. The van der Waals surface area contributed by atoms with E-state index in [4.69, 9.17) is 0 Å². The highest BCUT2D eigenvalue weighted by molar-refractivity contribution is 7.99. The van der Waals surface area contributed by atoms with Gasteiger partial charge < -0.3 is 15.6 Å². The fourth-order valence-corrected chi connectivity index (χ4v) is 2.87. The zero-order valence-electron chi connectivity index (χ0n) is 15.3. The summed E-state index contributed by atoms with van der Waals surface area (Å²) in [6, 6.07) is 7.79. The van der Waals surface area contributed by atoms with Crippen molar-refractivity contribution < 1.29 is 14.4 Å². The molecule has 2 rings (SSSR count). The Hall–Kier alpha value is -3.20. The number of aromatic nitrogens is 2. The molecule has 1 heterocycles. The summed E-state index contributed by atoms with van der Waals surface area (Å²) in [6.07, 6.45) is 1.51. The Morgan fingerprint density at radius 2 is 1.93 bits per heavy atom. The van der Waals surface area contributed by atoms with Crippen molar-refractivity contribution in [2.45, 2.75) is 18.5 Å². The molecule has 0 saturated carbocycles. The van der Waals surface area contributed by atoms with Crippen LogP contribution in [0.25, 0.3) is 0 Å². The lowest BCUT2D eigenvalue weighted by atomic mass is 10.1. The van der Waals surface area contributed by atoms with E-state index in [9.17, 15) is 19.2 Å². The van der Waals surface area contributed by atoms with Crippen LogP contribution in [0.5, 0.6) is 0 Å². The number of nitrogens with one attached hydrogen (secondary N) is 3. The molecule has 0 radical (unpaired) electrons. The third kappa shape index (κ3) is 6.84. The van der Waals surface area contributed by atoms with E-state index in [1.54, 1.807) is 30.3 Å². The van der Waals surface area contributed by atoms with Gasteiger partial charge in [0.25, 0.3) is 5.56 Å². The third-order valence-electron chi connectivity index (χ3n) is 3.47. The van der Waals surface area contributed by atoms with Gasteiger partial charge in [-0.3, -0.25) is 19.2 Å². The van der Waals surface area contributed by atoms with Gasteiger partial charge in [-0.2, -0.15) is 0 Å². The first-order valence-corrected chi connectivity index (χ1v) is 9.37. The van der Waals surface area contributed by atoms with E-state index in [0.717, 1.165) is 11.8 Å². The average Bonchev–Trinajstić information content (AvgIpc) is 2.64. The summed E-state index contributed by atoms with van der Waals surface area (Å²) in [5.41, 5.74) is 1.03. The number of thioether (sulfide) groups is 1. The van der Waals surface area contributed by atoms with E-state index in [2.05, 4.69) is 27.2 Å². The maximum atomic E-state index is 12.1. The lowest BCUT2D eigenvalue weighted by molar-refractivity contribution is -0.120. The standard InChI is InChI=1S/C19H20N4O4S/c1-3-8-20-16(25)9-15-10-17(26)23-19(22-15)28-11-18(27)21-14-6-4-13(5-7-14)12(2)24/h3-7,10H,1,8-9,11H2,2H3,(H,20,25)(H,21,27)(H,22,23,26). The Kier molecular flexibility index (Phi) is 7.70. The second-order valence-electron chi connectivity index (χ2n) is 5.78. The van der Waals surface area contributed by atoms with Gasteiger partial charge in [-0.05, 0) is 31.2 Å². The van der Waals surface area contributed by atoms with E-state index in [1.807, 2.05) is 0 Å². The van der Waals surface area contributed by atoms with E-state index in [1.165, 1.54) is 13.0 Å². The summed E-state index contributed by atoms with van der Waals surface area (Å²) in [4.78, 5) is 53.5. The van der Waals surface area contributed by atoms with Crippen LogP contribution in [0.2, 0.25) is 0 Å². The van der Waals surface area contributed by atoms with Crippen molar-refractivity contribution in [3.05, 3.63) is 64.6 Å². The molecule has 0 fully saturated rings. The number of hydrogen-bond acceptors (Lipinski definition) is 6. The van der Waals surface area contributed by atoms with Crippen molar-refractivity contribution in [2.75, 3.05) is 17.6 Å². The Morgan fingerprint density at radius 3 is 2.57 bits per heavy atom. The molecule has 0 unspecified atom stereocenters. The molecule has 2 amide bonds. The summed E-state index contributed by atoms with van der Waals surface area (Å²) in [7, 11) is 0. The monoisotopic (exact) mass is 400 g/mol. The van der Waals surface area contributed by atoms with Gasteiger partial charge in [0.2, 0.25) is 11.8 Å². The van der Waals surface area contributed by atoms with Gasteiger partial charge in [0.1, 0.15) is 0 Å². The molecular formula is C19H20N4O4S. The Bertz CT molecular complexity index is 938. The Labute approximate surface area is 165 Å². The lowest BCUT2D eigenvalue weighted by Crippen LogP contribution is -2.26. The lowest BCUT2D eigenvalue weighted by Gasteiger charge is -2.06. The minimum atomic E-state index is -0.399. The van der Waals surface area contributed by atoms with Crippen molar-refractivity contribution in [1.82, 2.24) is 15.3 Å². The first kappa shape index (κ1) is 21.1. The number of carbonyl (C=O) groups is 3. The number of rotatable bonds is 9. The molecule has 146 valence electrons. The first-order chi connectivity index (χ1) is 13.4. The van der Waals surface area contributed by atoms with Crippen LogP contribution in [0.15, 0.2) is 52.9 Å². The highest BCUT2D eigenvalue weighted by atomic mass is 32.2. The zero-order chi connectivity index (χ0) is 20.5. The number of Topliss-reactive ketones (excluding diaryl/α,β-unsaturated/α-hetero) is 1. The van der Waals surface area contributed by atoms with Crippen molar-refractivity contribution in [3.63, 3.8) is 0 Å². The normalized spacial score (nSPS) is 10.2. The third-order valence-corrected chi connectivity index (χ3v) is 4.35. The fraction of sp³-hybridized carbons (Fsp3) is 0.211. The molecule has 0 spiro atoms. The predicted molar refractivity (Wildman–Crippen MR) is 108 cm³/mol. The van der Waals surface area contributed by atoms with Crippen LogP contribution < -0.4 is 16.2 Å². The average molecular weight is 400 g/mol. The second-order valence-corrected chi connectivity index (χ2v) is 6.75. The van der Waals surface area contributed by atoms with Gasteiger partial charge in [0, 0.05) is 23.9 Å². The van der Waals surface area contributed by atoms with Gasteiger partial charge in [-0.1, -0.05) is 17.8 Å². The summed E-state index contributed by atoms with van der Waals surface area (Å²) in [6.45, 7) is 5.31. The van der Waals surface area contributed by atoms with Crippen LogP contribution in [0.1, 0.15) is 23.0 Å². The minimum Gasteiger partial charge on any atom is -0.352 e. The SMILES string of the molecule is C=CCNC(=O)Cc1cc(=O)[nH]c(SCC(=O)Nc2ccc(C(C)=O)cc2)n1. The number of aromatic amines is 1. The molecule has 0 aliphatic rings. The number of anilines is 1. The van der Waals surface area contributed by atoms with Crippen LogP contribution in [0.3, 0.4) is 0 Å². The van der Waals surface area contributed by atoms with Gasteiger partial charge in [-0.15, -0.1) is 6.58 Å². The maximum absolute atomic E-state index is 12.1. The number of carbonyl (C=O) groups excluding carboxylic acids is 3. The van der Waals surface area contributed by atoms with Gasteiger partial charge in [0.15, 0.2) is 10.9 Å². The summed E-state index contributed by atoms with van der Waals surface area (Å²) in [5, 5.41) is 5.56. The maximum Gasteiger partial charge on any atom is 0.251 e. The number of ketones is 1. The van der Waals surface area contributed by atoms with Crippen LogP contribution in [0.4, 0.5) is 5.69 Å². The molecule has 0 aliphatic heterocycles. The molecule has 2 aromatic rings. The smallest absolute Gasteiger partial charge is 0.251 e. The first-order valence-electron chi connectivity index (χ1n) is 8.39. The number of nitrogens with zero attached hydrogens (tertiary/aromatic N) is 1. The molecule has 0 atom stereocenters. The summed E-state index contributed by atoms with van der Waals surface area (Å²) >= 11 is 1.05. The van der Waals surface area contributed by atoms with Crippen LogP contribution in [0, 0.1) is 0 Å². The second kappa shape index (κ2) is 10.2. The molecule has 1 aromatic heterocycles. The van der Waals surface area contributed by atoms with Crippen molar-refractivity contribution in [2.24, 2.45) is 0 Å². The minimum absolute atomic E-state index is 0.0174. The largest absolute Gasteiger partial charge is 0.352 e. The van der Waals surface area contributed by atoms with Gasteiger partial charge in [-0.25, -0.2) is 4.98 Å². The quantitative estimate of drug-likeness (QED) is 0.254. The molecule has 3 N–H and O–H groups in total. The molecule has 1 aromatic carbocycles. The zero-order valence-corrected chi connectivity index (χ0v) is 16.1. The van der Waals surface area contributed by atoms with E-state index >= 15 is 0 Å². The number of amides is 2. The Morgan fingerprint density at radius 1 is 1.21 bits per heavy atom. The molecule has 0 aliphatic carbocycles. The molecule has 8 nitrogen and oxygen atoms in total. The van der Waals surface area contributed by atoms with E-state index in [0.29, 0.717) is 23.5 Å². The molecule has 0 saturated heterocycles. The summed E-state index contributed by atoms with van der Waals surface area (Å²) in [5.74, 6) is -0.608. The fourth-order valence-electron chi connectivity index (χ4n) is 2.17. The molecule has 28 heavy (non-hydrogen) atoms. The number of H-pyrrole nitrogens is 1. The topological polar surface area (TPSA) is 121 Å². The highest BCUT2D eigenvalue weighted by Gasteiger charge is 2.10. The van der Waals surface area contributed by atoms with Crippen molar-refractivity contribution in [3.8, 4) is 0 Å². The van der Waals surface area contributed by atoms with E-state index < -0.39 is 5.56 Å². The number of hydrogen-bond donors (Lipinski definition) is 3. The molecule has 0 bridgehead atoms. The number of benzene rings is 1. The van der Waals surface area contributed by atoms with Gasteiger partial charge >= 0.3 is 0 Å². The van der Waals surface area contributed by atoms with Crippen LogP contribution >= 0.6 is 11.8 Å². The van der Waals surface area contributed by atoms with Gasteiger partial charge in [0.05, 0.1) is 17.9 Å². The Balaban J connectivity index is 1.93. The summed E-state index contributed by atoms with van der Waals surface area (Å²) < 4.78 is 0. The van der Waals surface area contributed by atoms with E-state index in [-0.39, 0.29) is 34.9 Å². The molecule has 9 heteroatoms. The van der Waals surface area contributed by atoms with Crippen LogP contribution in [-0.2, 0) is 16.0 Å². The van der Waals surface area contributed by atoms with Crippen LogP contribution in [-0.4, -0.2) is 39.9 Å². The highest BCUT2D eigenvalue weighted by Crippen LogP contribution is 2.14. The predicted octanol–water partition coefficient (Wildman–Crippen LogP) is 1.55. The van der Waals surface area contributed by atoms with Crippen molar-refractivity contribution >= 4 is 35.0 Å². The van der Waals surface area contributed by atoms with Crippen molar-refractivity contribution in [1.29, 1.82) is 0 Å².